The summed E-state index contributed by atoms with van der Waals surface area (Å²) < 4.78 is 13.0. The first-order valence-electron chi connectivity index (χ1n) is 6.38. The van der Waals surface area contributed by atoms with Crippen molar-refractivity contribution in [2.45, 2.75) is 38.8 Å². The van der Waals surface area contributed by atoms with Gasteiger partial charge in [0.05, 0.1) is 0 Å². The van der Waals surface area contributed by atoms with Crippen LogP contribution in [0, 0.1) is 12.7 Å². The summed E-state index contributed by atoms with van der Waals surface area (Å²) in [6.45, 7) is 4.82. The molecule has 2 atom stereocenters. The van der Waals surface area contributed by atoms with Crippen LogP contribution >= 0.6 is 12.4 Å². The van der Waals surface area contributed by atoms with Crippen LogP contribution in [0.4, 0.5) is 4.39 Å². The van der Waals surface area contributed by atoms with Gasteiger partial charge in [0.25, 0.3) is 5.91 Å². The van der Waals surface area contributed by atoms with Crippen molar-refractivity contribution >= 4 is 18.3 Å². The summed E-state index contributed by atoms with van der Waals surface area (Å²) in [5, 5.41) is 6.36. The first kappa shape index (κ1) is 15.9. The van der Waals surface area contributed by atoms with Gasteiger partial charge in [-0.3, -0.25) is 4.79 Å². The van der Waals surface area contributed by atoms with Crippen LogP contribution in [0.2, 0.25) is 0 Å². The molecule has 1 aliphatic rings. The Morgan fingerprint density at radius 3 is 2.84 bits per heavy atom. The molecule has 0 aliphatic carbocycles. The molecule has 1 heterocycles. The van der Waals surface area contributed by atoms with Gasteiger partial charge in [-0.05, 0) is 57.0 Å². The number of piperidine rings is 1. The number of amides is 1. The minimum Gasteiger partial charge on any atom is -0.348 e. The Hall–Kier alpha value is -1.13. The molecule has 2 N–H and O–H groups in total. The average Bonchev–Trinajstić information content (AvgIpc) is 2.32. The molecule has 0 bridgehead atoms. The van der Waals surface area contributed by atoms with Crippen molar-refractivity contribution in [2.75, 3.05) is 6.54 Å². The van der Waals surface area contributed by atoms with Gasteiger partial charge in [-0.1, -0.05) is 0 Å². The lowest BCUT2D eigenvalue weighted by molar-refractivity contribution is 0.0919. The van der Waals surface area contributed by atoms with E-state index in [9.17, 15) is 9.18 Å². The number of benzene rings is 1. The zero-order chi connectivity index (χ0) is 13.1. The molecule has 0 spiro atoms. The highest BCUT2D eigenvalue weighted by atomic mass is 35.5. The van der Waals surface area contributed by atoms with Crippen LogP contribution in [0.25, 0.3) is 0 Å². The van der Waals surface area contributed by atoms with E-state index in [0.29, 0.717) is 11.1 Å². The SMILES string of the molecule is Cc1cc(F)ccc1C(=O)NC1CCCNC1C.Cl. The first-order chi connectivity index (χ1) is 8.58. The van der Waals surface area contributed by atoms with E-state index in [1.54, 1.807) is 13.0 Å². The zero-order valence-corrected chi connectivity index (χ0v) is 12.0. The lowest BCUT2D eigenvalue weighted by atomic mass is 9.99. The van der Waals surface area contributed by atoms with Crippen molar-refractivity contribution in [1.82, 2.24) is 10.6 Å². The van der Waals surface area contributed by atoms with Crippen molar-refractivity contribution in [3.63, 3.8) is 0 Å². The number of carbonyl (C=O) groups is 1. The molecule has 1 saturated heterocycles. The highest BCUT2D eigenvalue weighted by Gasteiger charge is 2.23. The van der Waals surface area contributed by atoms with E-state index in [-0.39, 0.29) is 36.2 Å². The molecule has 0 radical (unpaired) electrons. The monoisotopic (exact) mass is 286 g/mol. The fourth-order valence-corrected chi connectivity index (χ4v) is 2.37. The summed E-state index contributed by atoms with van der Waals surface area (Å²) in [4.78, 5) is 12.1. The van der Waals surface area contributed by atoms with Gasteiger partial charge in [-0.15, -0.1) is 12.4 Å². The van der Waals surface area contributed by atoms with Crippen LogP contribution in [0.1, 0.15) is 35.7 Å². The van der Waals surface area contributed by atoms with Crippen molar-refractivity contribution in [3.05, 3.63) is 35.1 Å². The lowest BCUT2D eigenvalue weighted by Crippen LogP contribution is -2.52. The second kappa shape index (κ2) is 6.87. The fraction of sp³-hybridized carbons (Fsp3) is 0.500. The van der Waals surface area contributed by atoms with E-state index in [0.717, 1.165) is 19.4 Å². The number of carbonyl (C=O) groups excluding carboxylic acids is 1. The molecular weight excluding hydrogens is 267 g/mol. The summed E-state index contributed by atoms with van der Waals surface area (Å²) in [7, 11) is 0. The van der Waals surface area contributed by atoms with Gasteiger partial charge in [-0.2, -0.15) is 0 Å². The molecule has 5 heteroatoms. The predicted molar refractivity (Wildman–Crippen MR) is 76.3 cm³/mol. The van der Waals surface area contributed by atoms with Gasteiger partial charge in [0.1, 0.15) is 5.82 Å². The molecule has 106 valence electrons. The Morgan fingerprint density at radius 1 is 1.47 bits per heavy atom. The summed E-state index contributed by atoms with van der Waals surface area (Å²) >= 11 is 0. The lowest BCUT2D eigenvalue weighted by Gasteiger charge is -2.30. The Kier molecular flexibility index (Phi) is 5.76. The second-order valence-corrected chi connectivity index (χ2v) is 4.92. The molecule has 3 nitrogen and oxygen atoms in total. The van der Waals surface area contributed by atoms with Crippen LogP contribution < -0.4 is 10.6 Å². The highest BCUT2D eigenvalue weighted by molar-refractivity contribution is 5.95. The van der Waals surface area contributed by atoms with Gasteiger partial charge in [0, 0.05) is 17.6 Å². The van der Waals surface area contributed by atoms with Gasteiger partial charge in [-0.25, -0.2) is 4.39 Å². The maximum absolute atomic E-state index is 13.0. The first-order valence-corrected chi connectivity index (χ1v) is 6.38. The Morgan fingerprint density at radius 2 is 2.21 bits per heavy atom. The van der Waals surface area contributed by atoms with Crippen LogP contribution in [0.3, 0.4) is 0 Å². The van der Waals surface area contributed by atoms with E-state index >= 15 is 0 Å². The van der Waals surface area contributed by atoms with E-state index in [1.807, 2.05) is 0 Å². The van der Waals surface area contributed by atoms with Crippen LogP contribution in [0.15, 0.2) is 18.2 Å². The zero-order valence-electron chi connectivity index (χ0n) is 11.2. The van der Waals surface area contributed by atoms with Crippen molar-refractivity contribution in [3.8, 4) is 0 Å². The third-order valence-electron chi connectivity index (χ3n) is 3.51. The normalized spacial score (nSPS) is 22.5. The van der Waals surface area contributed by atoms with Crippen LogP contribution in [0.5, 0.6) is 0 Å². The van der Waals surface area contributed by atoms with E-state index < -0.39 is 0 Å². The Labute approximate surface area is 119 Å². The molecular formula is C14H20ClFN2O. The molecule has 2 unspecified atom stereocenters. The van der Waals surface area contributed by atoms with E-state index in [2.05, 4.69) is 17.6 Å². The van der Waals surface area contributed by atoms with Crippen LogP contribution in [-0.2, 0) is 0 Å². The largest absolute Gasteiger partial charge is 0.348 e. The molecule has 1 aromatic carbocycles. The predicted octanol–water partition coefficient (Wildman–Crippen LogP) is 2.43. The maximum atomic E-state index is 13.0. The number of hydrogen-bond donors (Lipinski definition) is 2. The summed E-state index contributed by atoms with van der Waals surface area (Å²) in [6.07, 6.45) is 2.05. The third-order valence-corrected chi connectivity index (χ3v) is 3.51. The molecule has 0 saturated carbocycles. The van der Waals surface area contributed by atoms with Crippen molar-refractivity contribution < 1.29 is 9.18 Å². The maximum Gasteiger partial charge on any atom is 0.251 e. The number of halogens is 2. The number of nitrogens with one attached hydrogen (secondary N) is 2. The van der Waals surface area contributed by atoms with Gasteiger partial charge in [0.15, 0.2) is 0 Å². The number of rotatable bonds is 2. The third kappa shape index (κ3) is 3.91. The smallest absolute Gasteiger partial charge is 0.251 e. The number of hydrogen-bond acceptors (Lipinski definition) is 2. The second-order valence-electron chi connectivity index (χ2n) is 4.92. The molecule has 1 aliphatic heterocycles. The summed E-state index contributed by atoms with van der Waals surface area (Å²) in [6, 6.07) is 4.68. The van der Waals surface area contributed by atoms with Crippen molar-refractivity contribution in [2.24, 2.45) is 0 Å². The molecule has 19 heavy (non-hydrogen) atoms. The minimum absolute atomic E-state index is 0. The standard InChI is InChI=1S/C14H19FN2O.ClH/c1-9-8-11(15)5-6-12(9)14(18)17-13-4-3-7-16-10(13)2;/h5-6,8,10,13,16H,3-4,7H2,1-2H3,(H,17,18);1H. The quantitative estimate of drug-likeness (QED) is 0.877. The minimum atomic E-state index is -0.309. The van der Waals surface area contributed by atoms with E-state index in [4.69, 9.17) is 0 Å². The van der Waals surface area contributed by atoms with Gasteiger partial charge >= 0.3 is 0 Å². The molecule has 2 rings (SSSR count). The fourth-order valence-electron chi connectivity index (χ4n) is 2.37. The highest BCUT2D eigenvalue weighted by Crippen LogP contribution is 2.13. The Bertz CT molecular complexity index is 453. The number of aryl methyl sites for hydroxylation is 1. The topological polar surface area (TPSA) is 41.1 Å². The molecule has 1 aromatic rings. The molecule has 0 aromatic heterocycles. The molecule has 1 amide bonds. The summed E-state index contributed by atoms with van der Waals surface area (Å²) in [5.41, 5.74) is 1.22. The van der Waals surface area contributed by atoms with Crippen LogP contribution in [-0.4, -0.2) is 24.5 Å². The Balaban J connectivity index is 0.00000180. The summed E-state index contributed by atoms with van der Waals surface area (Å²) in [5.74, 6) is -0.426. The van der Waals surface area contributed by atoms with Gasteiger partial charge in [0.2, 0.25) is 0 Å². The van der Waals surface area contributed by atoms with E-state index in [1.165, 1.54) is 12.1 Å². The average molecular weight is 287 g/mol. The molecule has 1 fully saturated rings. The van der Waals surface area contributed by atoms with Gasteiger partial charge < -0.3 is 10.6 Å². The van der Waals surface area contributed by atoms with Crippen molar-refractivity contribution in [1.29, 1.82) is 0 Å².